The Bertz CT molecular complexity index is 585. The average molecular weight is 477 g/mol. The van der Waals surface area contributed by atoms with Crippen molar-refractivity contribution in [3.8, 4) is 11.5 Å². The zero-order valence-electron chi connectivity index (χ0n) is 16.4. The predicted octanol–water partition coefficient (Wildman–Crippen LogP) is 1.23. The number of rotatable bonds is 6. The van der Waals surface area contributed by atoms with Crippen molar-refractivity contribution in [1.29, 1.82) is 0 Å². The molecule has 1 heterocycles. The molecule has 1 aliphatic rings. The summed E-state index contributed by atoms with van der Waals surface area (Å²) in [7, 11) is 9.43. The van der Waals surface area contributed by atoms with Crippen LogP contribution in [-0.4, -0.2) is 83.3 Å². The maximum absolute atomic E-state index is 5.35. The van der Waals surface area contributed by atoms with Gasteiger partial charge in [0.05, 0.1) is 14.2 Å². The first kappa shape index (κ1) is 22.8. The van der Waals surface area contributed by atoms with Crippen LogP contribution >= 0.6 is 24.0 Å². The first-order valence-corrected chi connectivity index (χ1v) is 8.61. The van der Waals surface area contributed by atoms with Crippen LogP contribution in [0.3, 0.4) is 0 Å². The lowest BCUT2D eigenvalue weighted by Gasteiger charge is -2.37. The van der Waals surface area contributed by atoms with Gasteiger partial charge in [0, 0.05) is 45.8 Å². The van der Waals surface area contributed by atoms with Crippen molar-refractivity contribution in [3.63, 3.8) is 0 Å². The summed E-state index contributed by atoms with van der Waals surface area (Å²) in [6.07, 6.45) is 0. The lowest BCUT2D eigenvalue weighted by Crippen LogP contribution is -2.55. The molecule has 0 saturated carbocycles. The van der Waals surface area contributed by atoms with Crippen LogP contribution in [0.15, 0.2) is 23.2 Å². The molecule has 1 aromatic carbocycles. The van der Waals surface area contributed by atoms with Gasteiger partial charge in [0.15, 0.2) is 17.5 Å². The van der Waals surface area contributed by atoms with Gasteiger partial charge in [-0.05, 0) is 31.8 Å². The van der Waals surface area contributed by atoms with Gasteiger partial charge in [0.2, 0.25) is 0 Å². The number of hydrogen-bond donors (Lipinski definition) is 2. The molecule has 0 aromatic heterocycles. The van der Waals surface area contributed by atoms with E-state index >= 15 is 0 Å². The molecule has 7 nitrogen and oxygen atoms in total. The first-order valence-electron chi connectivity index (χ1n) is 8.61. The second-order valence-electron chi connectivity index (χ2n) is 6.39. The van der Waals surface area contributed by atoms with E-state index in [9.17, 15) is 0 Å². The Hall–Kier alpha value is -1.26. The summed E-state index contributed by atoms with van der Waals surface area (Å²) < 4.78 is 10.6. The number of benzene rings is 1. The highest BCUT2D eigenvalue weighted by Gasteiger charge is 2.22. The Balaban J connectivity index is 0.00000338. The van der Waals surface area contributed by atoms with Crippen LogP contribution in [0.5, 0.6) is 11.5 Å². The Labute approximate surface area is 174 Å². The highest BCUT2D eigenvalue weighted by atomic mass is 127. The molecule has 1 fully saturated rings. The minimum atomic E-state index is 0. The molecule has 1 unspecified atom stereocenters. The standard InChI is InChI=1S/C18H31N5O2.HI/c1-19-18(21-12-15-13-22(2)8-9-23(15)3)20-11-14-6-7-16(24-4)17(10-14)25-5;/h6-7,10,15H,8-9,11-13H2,1-5H3,(H2,19,20,21);1H. The highest BCUT2D eigenvalue weighted by Crippen LogP contribution is 2.27. The van der Waals surface area contributed by atoms with Gasteiger partial charge in [-0.15, -0.1) is 24.0 Å². The van der Waals surface area contributed by atoms with Gasteiger partial charge in [0.25, 0.3) is 0 Å². The Morgan fingerprint density at radius 3 is 2.54 bits per heavy atom. The van der Waals surface area contributed by atoms with Gasteiger partial charge in [-0.2, -0.15) is 0 Å². The monoisotopic (exact) mass is 477 g/mol. The van der Waals surface area contributed by atoms with E-state index < -0.39 is 0 Å². The Morgan fingerprint density at radius 1 is 1.15 bits per heavy atom. The Kier molecular flexibility index (Phi) is 10.0. The first-order chi connectivity index (χ1) is 12.1. The van der Waals surface area contributed by atoms with E-state index in [1.54, 1.807) is 21.3 Å². The zero-order valence-corrected chi connectivity index (χ0v) is 18.7. The molecule has 0 amide bonds. The quantitative estimate of drug-likeness (QED) is 0.365. The van der Waals surface area contributed by atoms with Crippen molar-refractivity contribution in [3.05, 3.63) is 23.8 Å². The largest absolute Gasteiger partial charge is 0.493 e. The number of piperazine rings is 1. The fraction of sp³-hybridized carbons (Fsp3) is 0.611. The smallest absolute Gasteiger partial charge is 0.191 e. The molecule has 2 N–H and O–H groups in total. The Morgan fingerprint density at radius 2 is 1.88 bits per heavy atom. The molecule has 1 atom stereocenters. The molecule has 8 heteroatoms. The summed E-state index contributed by atoms with van der Waals surface area (Å²) in [6.45, 7) is 4.82. The minimum Gasteiger partial charge on any atom is -0.493 e. The number of aliphatic imine (C=N–C) groups is 1. The van der Waals surface area contributed by atoms with Crippen molar-refractivity contribution in [2.75, 3.05) is 61.5 Å². The van der Waals surface area contributed by atoms with Crippen LogP contribution in [0.2, 0.25) is 0 Å². The number of halogens is 1. The summed E-state index contributed by atoms with van der Waals surface area (Å²) in [5.41, 5.74) is 1.11. The molecule has 148 valence electrons. The van der Waals surface area contributed by atoms with Gasteiger partial charge in [-0.25, -0.2) is 0 Å². The number of ether oxygens (including phenoxy) is 2. The number of guanidine groups is 1. The molecule has 0 bridgehead atoms. The summed E-state index contributed by atoms with van der Waals surface area (Å²) >= 11 is 0. The molecule has 0 aliphatic carbocycles. The second-order valence-corrected chi connectivity index (χ2v) is 6.39. The number of methoxy groups -OCH3 is 2. The maximum Gasteiger partial charge on any atom is 0.191 e. The molecule has 1 aliphatic heterocycles. The molecule has 2 rings (SSSR count). The molecule has 0 radical (unpaired) electrons. The van der Waals surface area contributed by atoms with E-state index in [1.807, 2.05) is 18.2 Å². The van der Waals surface area contributed by atoms with Crippen LogP contribution in [0.4, 0.5) is 0 Å². The van der Waals surface area contributed by atoms with Gasteiger partial charge in [-0.1, -0.05) is 6.07 Å². The van der Waals surface area contributed by atoms with Gasteiger partial charge >= 0.3 is 0 Å². The van der Waals surface area contributed by atoms with E-state index in [-0.39, 0.29) is 24.0 Å². The molecule has 1 aromatic rings. The van der Waals surface area contributed by atoms with E-state index in [0.29, 0.717) is 12.6 Å². The third-order valence-electron chi connectivity index (χ3n) is 4.62. The molecular formula is C18H32IN5O2. The van der Waals surface area contributed by atoms with Crippen molar-refractivity contribution in [2.24, 2.45) is 4.99 Å². The fourth-order valence-corrected chi connectivity index (χ4v) is 2.93. The van der Waals surface area contributed by atoms with Crippen LogP contribution in [-0.2, 0) is 6.54 Å². The van der Waals surface area contributed by atoms with Crippen molar-refractivity contribution < 1.29 is 9.47 Å². The maximum atomic E-state index is 5.35. The molecular weight excluding hydrogens is 445 g/mol. The number of nitrogens with zero attached hydrogens (tertiary/aromatic N) is 3. The molecule has 0 spiro atoms. The average Bonchev–Trinajstić information content (AvgIpc) is 2.64. The zero-order chi connectivity index (χ0) is 18.2. The van der Waals surface area contributed by atoms with Crippen molar-refractivity contribution in [2.45, 2.75) is 12.6 Å². The minimum absolute atomic E-state index is 0. The van der Waals surface area contributed by atoms with E-state index in [2.05, 4.69) is 39.5 Å². The van der Waals surface area contributed by atoms with Gasteiger partial charge in [0.1, 0.15) is 0 Å². The van der Waals surface area contributed by atoms with Gasteiger partial charge < -0.3 is 25.0 Å². The fourth-order valence-electron chi connectivity index (χ4n) is 2.93. The predicted molar refractivity (Wildman–Crippen MR) is 117 cm³/mol. The molecule has 1 saturated heterocycles. The second kappa shape index (κ2) is 11.5. The van der Waals surface area contributed by atoms with E-state index in [1.165, 1.54) is 0 Å². The lowest BCUT2D eigenvalue weighted by atomic mass is 10.2. The number of hydrogen-bond acceptors (Lipinski definition) is 5. The third-order valence-corrected chi connectivity index (χ3v) is 4.62. The summed E-state index contributed by atoms with van der Waals surface area (Å²) in [5, 5.41) is 6.78. The molecule has 26 heavy (non-hydrogen) atoms. The highest BCUT2D eigenvalue weighted by molar-refractivity contribution is 14.0. The van der Waals surface area contributed by atoms with Crippen LogP contribution in [0, 0.1) is 0 Å². The van der Waals surface area contributed by atoms with E-state index in [4.69, 9.17) is 9.47 Å². The number of nitrogens with one attached hydrogen (secondary N) is 2. The van der Waals surface area contributed by atoms with E-state index in [0.717, 1.165) is 49.2 Å². The van der Waals surface area contributed by atoms with Crippen molar-refractivity contribution in [1.82, 2.24) is 20.4 Å². The van der Waals surface area contributed by atoms with Crippen LogP contribution in [0.1, 0.15) is 5.56 Å². The topological polar surface area (TPSA) is 61.4 Å². The summed E-state index contributed by atoms with van der Waals surface area (Å²) in [4.78, 5) is 9.08. The lowest BCUT2D eigenvalue weighted by molar-refractivity contribution is 0.116. The van der Waals surface area contributed by atoms with Crippen LogP contribution in [0.25, 0.3) is 0 Å². The third kappa shape index (κ3) is 6.48. The van der Waals surface area contributed by atoms with Gasteiger partial charge in [-0.3, -0.25) is 9.89 Å². The summed E-state index contributed by atoms with van der Waals surface area (Å²) in [6, 6.07) is 6.39. The van der Waals surface area contributed by atoms with Crippen molar-refractivity contribution >= 4 is 29.9 Å². The summed E-state index contributed by atoms with van der Waals surface area (Å²) in [5.74, 6) is 2.27. The van der Waals surface area contributed by atoms with Crippen LogP contribution < -0.4 is 20.1 Å². The number of likely N-dealkylation sites (N-methyl/N-ethyl adjacent to an activating group) is 2. The normalized spacial score (nSPS) is 18.8. The SMILES string of the molecule is CN=C(NCc1ccc(OC)c(OC)c1)NCC1CN(C)CCN1C.I.